The maximum Gasteiger partial charge on any atom is 0.320 e. The minimum absolute atomic E-state index is 0.0293. The zero-order valence-electron chi connectivity index (χ0n) is 9.64. The van der Waals surface area contributed by atoms with Crippen LogP contribution in [0.25, 0.3) is 0 Å². The van der Waals surface area contributed by atoms with E-state index >= 15 is 0 Å². The van der Waals surface area contributed by atoms with Gasteiger partial charge in [-0.3, -0.25) is 5.32 Å². The molecule has 7 heteroatoms. The molecule has 2 heterocycles. The molecule has 17 heavy (non-hydrogen) atoms. The van der Waals surface area contributed by atoms with E-state index in [0.29, 0.717) is 12.3 Å². The largest absolute Gasteiger partial charge is 0.391 e. The second-order valence-corrected chi connectivity index (χ2v) is 4.77. The maximum atomic E-state index is 11.6. The number of hydrogen-bond acceptors (Lipinski definition) is 5. The number of nitrogens with one attached hydrogen (secondary N) is 2. The number of aromatic nitrogens is 1. The molecule has 0 radical (unpaired) electrons. The Hall–Kier alpha value is -1.63. The van der Waals surface area contributed by atoms with Crippen molar-refractivity contribution >= 4 is 23.2 Å². The molecule has 0 aromatic carbocycles. The van der Waals surface area contributed by atoms with Gasteiger partial charge in [-0.25, -0.2) is 9.78 Å². The first-order valence-corrected chi connectivity index (χ1v) is 6.22. The molecule has 2 amide bonds. The number of oxime groups is 1. The lowest BCUT2D eigenvalue weighted by Crippen LogP contribution is -2.40. The molecule has 0 saturated carbocycles. The molecule has 2 N–H and O–H groups in total. The van der Waals surface area contributed by atoms with Crippen molar-refractivity contribution in [3.63, 3.8) is 0 Å². The Morgan fingerprint density at radius 1 is 1.71 bits per heavy atom. The first kappa shape index (κ1) is 11.8. The van der Waals surface area contributed by atoms with Crippen molar-refractivity contribution in [2.75, 3.05) is 0 Å². The van der Waals surface area contributed by atoms with Crippen LogP contribution in [0.15, 0.2) is 16.7 Å². The Labute approximate surface area is 103 Å². The molecular weight excluding hydrogens is 240 g/mol. The lowest BCUT2D eigenvalue weighted by atomic mass is 10.3. The zero-order chi connectivity index (χ0) is 12.3. The molecule has 0 spiro atoms. The van der Waals surface area contributed by atoms with Gasteiger partial charge in [0.2, 0.25) is 0 Å². The summed E-state index contributed by atoms with van der Waals surface area (Å²) in [5.74, 6) is 0.557. The van der Waals surface area contributed by atoms with Crippen LogP contribution < -0.4 is 10.6 Å². The fourth-order valence-corrected chi connectivity index (χ4v) is 2.09. The van der Waals surface area contributed by atoms with Gasteiger partial charge in [0.15, 0.2) is 5.84 Å². The van der Waals surface area contributed by atoms with Crippen molar-refractivity contribution in [2.45, 2.75) is 32.4 Å². The highest BCUT2D eigenvalue weighted by atomic mass is 32.1. The number of hydrogen-bond donors (Lipinski definition) is 2. The summed E-state index contributed by atoms with van der Waals surface area (Å²) in [5.41, 5.74) is 0. The summed E-state index contributed by atoms with van der Waals surface area (Å²) in [6, 6.07) is -0.403. The average molecular weight is 254 g/mol. The second-order valence-electron chi connectivity index (χ2n) is 3.85. The van der Waals surface area contributed by atoms with Gasteiger partial charge in [0.1, 0.15) is 11.1 Å². The highest BCUT2D eigenvalue weighted by molar-refractivity contribution is 7.09. The predicted molar refractivity (Wildman–Crippen MR) is 64.8 cm³/mol. The second kappa shape index (κ2) is 5.13. The normalized spacial score (nSPS) is 20.4. The maximum absolute atomic E-state index is 11.6. The molecule has 1 aliphatic heterocycles. The average Bonchev–Trinajstić information content (AvgIpc) is 2.89. The lowest BCUT2D eigenvalue weighted by Gasteiger charge is -2.11. The minimum atomic E-state index is -0.288. The van der Waals surface area contributed by atoms with Crippen LogP contribution in [0.2, 0.25) is 0 Å². The number of urea groups is 1. The van der Waals surface area contributed by atoms with Crippen LogP contribution in [-0.4, -0.2) is 23.0 Å². The Morgan fingerprint density at radius 2 is 2.53 bits per heavy atom. The Bertz CT molecular complexity index is 418. The third-order valence-corrected chi connectivity index (χ3v) is 3.21. The van der Waals surface area contributed by atoms with Crippen molar-refractivity contribution in [2.24, 2.45) is 5.16 Å². The molecule has 2 unspecified atom stereocenters. The van der Waals surface area contributed by atoms with Gasteiger partial charge in [0, 0.05) is 18.0 Å². The van der Waals surface area contributed by atoms with Crippen molar-refractivity contribution in [3.8, 4) is 0 Å². The van der Waals surface area contributed by atoms with Gasteiger partial charge >= 0.3 is 6.03 Å². The van der Waals surface area contributed by atoms with E-state index in [4.69, 9.17) is 4.84 Å². The Kier molecular flexibility index (Phi) is 3.58. The van der Waals surface area contributed by atoms with Crippen LogP contribution in [0.1, 0.15) is 31.3 Å². The molecule has 0 saturated heterocycles. The summed E-state index contributed by atoms with van der Waals surface area (Å²) in [7, 11) is 0. The summed E-state index contributed by atoms with van der Waals surface area (Å²) >= 11 is 1.51. The SMILES string of the molecule is CC1CC(NC(=O)NC(C)c2nccs2)=NO1. The summed E-state index contributed by atoms with van der Waals surface area (Å²) < 4.78 is 0. The molecular formula is C10H14N4O2S. The van der Waals surface area contributed by atoms with Crippen molar-refractivity contribution in [1.29, 1.82) is 0 Å². The molecule has 2 rings (SSSR count). The predicted octanol–water partition coefficient (Wildman–Crippen LogP) is 1.63. The van der Waals surface area contributed by atoms with Crippen LogP contribution in [0, 0.1) is 0 Å². The number of carbonyl (C=O) groups excluding carboxylic acids is 1. The molecule has 0 fully saturated rings. The Morgan fingerprint density at radius 3 is 3.12 bits per heavy atom. The third-order valence-electron chi connectivity index (χ3n) is 2.25. The van der Waals surface area contributed by atoms with Crippen molar-refractivity contribution < 1.29 is 9.63 Å². The zero-order valence-corrected chi connectivity index (χ0v) is 10.5. The van der Waals surface area contributed by atoms with E-state index in [1.165, 1.54) is 11.3 Å². The van der Waals surface area contributed by atoms with Gasteiger partial charge in [-0.15, -0.1) is 11.3 Å². The van der Waals surface area contributed by atoms with E-state index in [2.05, 4.69) is 20.8 Å². The standard InChI is InChI=1S/C10H14N4O2S/c1-6-5-8(14-16-6)13-10(15)12-7(2)9-11-3-4-17-9/h3-4,6-7H,5H2,1-2H3,(H2,12,13,14,15). The van der Waals surface area contributed by atoms with Gasteiger partial charge in [0.05, 0.1) is 6.04 Å². The molecule has 0 aliphatic carbocycles. The third kappa shape index (κ3) is 3.16. The highest BCUT2D eigenvalue weighted by Gasteiger charge is 2.19. The molecule has 92 valence electrons. The minimum Gasteiger partial charge on any atom is -0.391 e. The molecule has 1 aliphatic rings. The number of amidine groups is 1. The summed E-state index contributed by atoms with van der Waals surface area (Å²) in [6.45, 7) is 3.78. The van der Waals surface area contributed by atoms with E-state index in [1.807, 2.05) is 19.2 Å². The van der Waals surface area contributed by atoms with E-state index in [9.17, 15) is 4.79 Å². The number of thiazole rings is 1. The first-order chi connectivity index (χ1) is 8.15. The summed E-state index contributed by atoms with van der Waals surface area (Å²) in [4.78, 5) is 20.7. The Balaban J connectivity index is 1.81. The monoisotopic (exact) mass is 254 g/mol. The fraction of sp³-hybridized carbons (Fsp3) is 0.500. The molecule has 0 bridgehead atoms. The van der Waals surface area contributed by atoms with E-state index in [-0.39, 0.29) is 18.2 Å². The number of rotatable bonds is 2. The van der Waals surface area contributed by atoms with Gasteiger partial charge in [-0.05, 0) is 13.8 Å². The lowest BCUT2D eigenvalue weighted by molar-refractivity contribution is 0.0995. The van der Waals surface area contributed by atoms with Gasteiger partial charge in [0.25, 0.3) is 0 Å². The molecule has 2 atom stereocenters. The van der Waals surface area contributed by atoms with E-state index in [0.717, 1.165) is 5.01 Å². The van der Waals surface area contributed by atoms with Crippen molar-refractivity contribution in [3.05, 3.63) is 16.6 Å². The number of amides is 2. The van der Waals surface area contributed by atoms with Gasteiger partial charge in [-0.1, -0.05) is 5.16 Å². The van der Waals surface area contributed by atoms with Crippen molar-refractivity contribution in [1.82, 2.24) is 15.6 Å². The van der Waals surface area contributed by atoms with Crippen LogP contribution >= 0.6 is 11.3 Å². The quantitative estimate of drug-likeness (QED) is 0.842. The summed E-state index contributed by atoms with van der Waals surface area (Å²) in [6.07, 6.45) is 2.37. The molecule has 1 aromatic heterocycles. The van der Waals surface area contributed by atoms with Crippen LogP contribution in [0.3, 0.4) is 0 Å². The molecule has 6 nitrogen and oxygen atoms in total. The van der Waals surface area contributed by atoms with E-state index in [1.54, 1.807) is 6.20 Å². The van der Waals surface area contributed by atoms with Crippen LogP contribution in [0.4, 0.5) is 4.79 Å². The van der Waals surface area contributed by atoms with Gasteiger partial charge < -0.3 is 10.2 Å². The molecule has 1 aromatic rings. The topological polar surface area (TPSA) is 75.6 Å². The first-order valence-electron chi connectivity index (χ1n) is 5.34. The summed E-state index contributed by atoms with van der Waals surface area (Å²) in [5, 5.41) is 11.9. The van der Waals surface area contributed by atoms with E-state index < -0.39 is 0 Å². The van der Waals surface area contributed by atoms with Crippen LogP contribution in [0.5, 0.6) is 0 Å². The van der Waals surface area contributed by atoms with Gasteiger partial charge in [-0.2, -0.15) is 0 Å². The smallest absolute Gasteiger partial charge is 0.320 e. The highest BCUT2D eigenvalue weighted by Crippen LogP contribution is 2.14. The number of carbonyl (C=O) groups is 1. The van der Waals surface area contributed by atoms with Crippen LogP contribution in [-0.2, 0) is 4.84 Å². The fourth-order valence-electron chi connectivity index (χ4n) is 1.45. The number of nitrogens with zero attached hydrogens (tertiary/aromatic N) is 2.